The molecule has 0 aliphatic carbocycles. The van der Waals surface area contributed by atoms with Gasteiger partial charge in [0.25, 0.3) is 0 Å². The van der Waals surface area contributed by atoms with Crippen LogP contribution in [0.2, 0.25) is 0 Å². The number of hydrogen-bond donors (Lipinski definition) is 1. The van der Waals surface area contributed by atoms with Crippen molar-refractivity contribution in [2.75, 3.05) is 19.6 Å². The van der Waals surface area contributed by atoms with E-state index in [1.165, 1.54) is 25.9 Å². The van der Waals surface area contributed by atoms with Gasteiger partial charge in [-0.2, -0.15) is 0 Å². The molecule has 0 bridgehead atoms. The maximum absolute atomic E-state index is 5.35. The lowest BCUT2D eigenvalue weighted by atomic mass is 9.93. The maximum atomic E-state index is 5.35. The average Bonchev–Trinajstić information content (AvgIpc) is 3.19. The second-order valence-corrected chi connectivity index (χ2v) is 5.79. The molecule has 2 aromatic heterocycles. The summed E-state index contributed by atoms with van der Waals surface area (Å²) in [6.07, 6.45) is 4.20. The molecular formula is C15H20ClN3O2. The molecule has 2 saturated heterocycles. The van der Waals surface area contributed by atoms with E-state index in [9.17, 15) is 0 Å². The van der Waals surface area contributed by atoms with Crippen molar-refractivity contribution in [2.24, 2.45) is 5.92 Å². The number of piperidine rings is 1. The summed E-state index contributed by atoms with van der Waals surface area (Å²) in [5.41, 5.74) is 0.987. The van der Waals surface area contributed by atoms with E-state index < -0.39 is 0 Å². The first-order valence-corrected chi connectivity index (χ1v) is 7.34. The summed E-state index contributed by atoms with van der Waals surface area (Å²) in [6, 6.07) is 6.47. The van der Waals surface area contributed by atoms with Gasteiger partial charge in [0.15, 0.2) is 5.76 Å². The molecule has 2 unspecified atom stereocenters. The molecule has 2 atom stereocenters. The van der Waals surface area contributed by atoms with Gasteiger partial charge in [0.1, 0.15) is 0 Å². The van der Waals surface area contributed by atoms with Crippen LogP contribution in [-0.4, -0.2) is 35.7 Å². The zero-order valence-corrected chi connectivity index (χ0v) is 12.6. The third-order valence-electron chi connectivity index (χ3n) is 4.45. The third kappa shape index (κ3) is 3.00. The van der Waals surface area contributed by atoms with Gasteiger partial charge in [-0.25, -0.2) is 0 Å². The zero-order chi connectivity index (χ0) is 13.4. The predicted octanol–water partition coefficient (Wildman–Crippen LogP) is 2.54. The average molecular weight is 310 g/mol. The van der Waals surface area contributed by atoms with Crippen molar-refractivity contribution in [3.63, 3.8) is 0 Å². The van der Waals surface area contributed by atoms with Gasteiger partial charge in [0.2, 0.25) is 5.76 Å². The van der Waals surface area contributed by atoms with Crippen LogP contribution < -0.4 is 5.32 Å². The molecule has 0 aromatic carbocycles. The quantitative estimate of drug-likeness (QED) is 0.944. The van der Waals surface area contributed by atoms with E-state index in [0.717, 1.165) is 36.5 Å². The molecule has 0 saturated carbocycles. The zero-order valence-electron chi connectivity index (χ0n) is 11.8. The topological polar surface area (TPSA) is 54.4 Å². The first-order valence-electron chi connectivity index (χ1n) is 7.34. The Kier molecular flexibility index (Phi) is 4.33. The monoisotopic (exact) mass is 309 g/mol. The molecule has 21 heavy (non-hydrogen) atoms. The van der Waals surface area contributed by atoms with Gasteiger partial charge < -0.3 is 14.3 Å². The second-order valence-electron chi connectivity index (χ2n) is 5.79. The van der Waals surface area contributed by atoms with Gasteiger partial charge in [-0.3, -0.25) is 4.90 Å². The number of nitrogens with zero attached hydrogens (tertiary/aromatic N) is 2. The minimum atomic E-state index is 0. The lowest BCUT2D eigenvalue weighted by Crippen LogP contribution is -2.43. The highest BCUT2D eigenvalue weighted by Gasteiger charge is 2.32. The standard InChI is InChI=1S/C15H19N3O2.ClH/c1-2-14(19-7-1)15-8-12(17-20-15)10-18-6-4-13-11(9-18)3-5-16-13;/h1-2,7-8,11,13,16H,3-6,9-10H2;1H. The number of aromatic nitrogens is 1. The van der Waals surface area contributed by atoms with Crippen LogP contribution >= 0.6 is 12.4 Å². The molecule has 6 heteroatoms. The number of hydrogen-bond acceptors (Lipinski definition) is 5. The number of furan rings is 1. The summed E-state index contributed by atoms with van der Waals surface area (Å²) in [5.74, 6) is 2.25. The SMILES string of the molecule is Cl.c1coc(-c2cc(CN3CCC4NCCC4C3)no2)c1. The molecule has 5 nitrogen and oxygen atoms in total. The fourth-order valence-electron chi connectivity index (χ4n) is 3.42. The van der Waals surface area contributed by atoms with Gasteiger partial charge in [0, 0.05) is 31.7 Å². The van der Waals surface area contributed by atoms with Crippen LogP contribution in [0.3, 0.4) is 0 Å². The van der Waals surface area contributed by atoms with Crippen molar-refractivity contribution < 1.29 is 8.94 Å². The van der Waals surface area contributed by atoms with E-state index >= 15 is 0 Å². The Labute approximate surface area is 130 Å². The molecular weight excluding hydrogens is 290 g/mol. The van der Waals surface area contributed by atoms with E-state index in [1.807, 2.05) is 18.2 Å². The largest absolute Gasteiger partial charge is 0.461 e. The van der Waals surface area contributed by atoms with Crippen LogP contribution in [0.15, 0.2) is 33.4 Å². The Morgan fingerprint density at radius 3 is 3.14 bits per heavy atom. The molecule has 0 amide bonds. The van der Waals surface area contributed by atoms with Crippen LogP contribution in [0.25, 0.3) is 11.5 Å². The molecule has 2 aliphatic heterocycles. The fourth-order valence-corrected chi connectivity index (χ4v) is 3.42. The smallest absolute Gasteiger partial charge is 0.202 e. The van der Waals surface area contributed by atoms with Crippen molar-refractivity contribution in [3.8, 4) is 11.5 Å². The highest BCUT2D eigenvalue weighted by molar-refractivity contribution is 5.85. The molecule has 1 N–H and O–H groups in total. The summed E-state index contributed by atoms with van der Waals surface area (Å²) in [5, 5.41) is 7.75. The molecule has 2 fully saturated rings. The van der Waals surface area contributed by atoms with Crippen molar-refractivity contribution >= 4 is 12.4 Å². The predicted molar refractivity (Wildman–Crippen MR) is 81.2 cm³/mol. The minimum Gasteiger partial charge on any atom is -0.461 e. The van der Waals surface area contributed by atoms with Crippen molar-refractivity contribution in [3.05, 3.63) is 30.2 Å². The van der Waals surface area contributed by atoms with E-state index in [2.05, 4.69) is 15.4 Å². The molecule has 114 valence electrons. The van der Waals surface area contributed by atoms with Crippen LogP contribution in [0.1, 0.15) is 18.5 Å². The maximum Gasteiger partial charge on any atom is 0.202 e. The molecule has 2 aliphatic rings. The minimum absolute atomic E-state index is 0. The van der Waals surface area contributed by atoms with E-state index in [4.69, 9.17) is 8.94 Å². The number of fused-ring (bicyclic) bond motifs is 1. The van der Waals surface area contributed by atoms with Crippen LogP contribution in [0.5, 0.6) is 0 Å². The summed E-state index contributed by atoms with van der Waals surface area (Å²) in [4.78, 5) is 2.48. The first-order chi connectivity index (χ1) is 9.88. The first kappa shape index (κ1) is 14.6. The second kappa shape index (κ2) is 6.22. The lowest BCUT2D eigenvalue weighted by Gasteiger charge is -2.34. The summed E-state index contributed by atoms with van der Waals surface area (Å²) >= 11 is 0. The van der Waals surface area contributed by atoms with Crippen molar-refractivity contribution in [2.45, 2.75) is 25.4 Å². The Morgan fingerprint density at radius 1 is 1.33 bits per heavy atom. The van der Waals surface area contributed by atoms with E-state index in [-0.39, 0.29) is 12.4 Å². The molecule has 2 aromatic rings. The summed E-state index contributed by atoms with van der Waals surface area (Å²) in [7, 11) is 0. The van der Waals surface area contributed by atoms with Crippen molar-refractivity contribution in [1.82, 2.24) is 15.4 Å². The molecule has 0 spiro atoms. The van der Waals surface area contributed by atoms with Crippen LogP contribution in [0, 0.1) is 5.92 Å². The van der Waals surface area contributed by atoms with Crippen LogP contribution in [0.4, 0.5) is 0 Å². The van der Waals surface area contributed by atoms with Gasteiger partial charge in [-0.15, -0.1) is 12.4 Å². The van der Waals surface area contributed by atoms with E-state index in [0.29, 0.717) is 5.76 Å². The molecule has 4 heterocycles. The lowest BCUT2D eigenvalue weighted by molar-refractivity contribution is 0.152. The van der Waals surface area contributed by atoms with Crippen molar-refractivity contribution in [1.29, 1.82) is 0 Å². The highest BCUT2D eigenvalue weighted by atomic mass is 35.5. The normalized spacial score (nSPS) is 25.5. The number of likely N-dealkylation sites (tertiary alicyclic amines) is 1. The van der Waals surface area contributed by atoms with Crippen LogP contribution in [-0.2, 0) is 6.54 Å². The summed E-state index contributed by atoms with van der Waals surface area (Å²) in [6.45, 7) is 4.35. The summed E-state index contributed by atoms with van der Waals surface area (Å²) < 4.78 is 10.7. The highest BCUT2D eigenvalue weighted by Crippen LogP contribution is 2.26. The van der Waals surface area contributed by atoms with Gasteiger partial charge in [0.05, 0.1) is 12.0 Å². The fraction of sp³-hybridized carbons (Fsp3) is 0.533. The van der Waals surface area contributed by atoms with Gasteiger partial charge in [-0.05, 0) is 37.4 Å². The Hall–Kier alpha value is -1.30. The Bertz CT molecular complexity index is 569. The van der Waals surface area contributed by atoms with Gasteiger partial charge in [-0.1, -0.05) is 5.16 Å². The number of rotatable bonds is 3. The number of halogens is 1. The third-order valence-corrected chi connectivity index (χ3v) is 4.45. The van der Waals surface area contributed by atoms with Gasteiger partial charge >= 0.3 is 0 Å². The molecule has 0 radical (unpaired) electrons. The molecule has 4 rings (SSSR count). The van der Waals surface area contributed by atoms with E-state index in [1.54, 1.807) is 6.26 Å². The Balaban J connectivity index is 0.00000132. The number of nitrogens with one attached hydrogen (secondary N) is 1. The Morgan fingerprint density at radius 2 is 2.29 bits per heavy atom.